The summed E-state index contributed by atoms with van der Waals surface area (Å²) in [6, 6.07) is 21.6. The number of fused-ring (bicyclic) bond motifs is 8. The number of para-hydroxylation sites is 2. The monoisotopic (exact) mass is 656 g/mol. The fourth-order valence-corrected chi connectivity index (χ4v) is 5.67. The molecule has 0 spiro atoms. The van der Waals surface area contributed by atoms with E-state index in [9.17, 15) is 39.6 Å². The number of hydrogen-bond donors (Lipinski definition) is 4. The molecular weight excluding hydrogens is 624 g/mol. The summed E-state index contributed by atoms with van der Waals surface area (Å²) >= 11 is 0. The Hall–Kier alpha value is -6.04. The van der Waals surface area contributed by atoms with Gasteiger partial charge in [-0.2, -0.15) is 0 Å². The maximum absolute atomic E-state index is 11.6. The van der Waals surface area contributed by atoms with Crippen LogP contribution >= 0.6 is 0 Å². The van der Waals surface area contributed by atoms with Crippen molar-refractivity contribution in [1.29, 1.82) is 0 Å². The van der Waals surface area contributed by atoms with E-state index in [1.54, 1.807) is 24.3 Å². The van der Waals surface area contributed by atoms with Gasteiger partial charge in [0.05, 0.1) is 0 Å². The Morgan fingerprint density at radius 2 is 0.708 bits per heavy atom. The molecule has 0 aliphatic heterocycles. The summed E-state index contributed by atoms with van der Waals surface area (Å²) in [5.74, 6) is -3.24. The molecule has 1 aliphatic rings. The van der Waals surface area contributed by atoms with Gasteiger partial charge in [0.15, 0.2) is 26.4 Å². The van der Waals surface area contributed by atoms with Gasteiger partial charge < -0.3 is 39.4 Å². The molecule has 0 amide bonds. The van der Waals surface area contributed by atoms with Crippen LogP contribution in [0, 0.1) is 0 Å². The molecule has 0 fully saturated rings. The molecule has 0 atom stereocenters. The predicted molar refractivity (Wildman–Crippen MR) is 170 cm³/mol. The molecule has 12 heteroatoms. The van der Waals surface area contributed by atoms with Crippen molar-refractivity contribution in [3.8, 4) is 23.0 Å². The van der Waals surface area contributed by atoms with E-state index < -0.39 is 50.3 Å². The van der Waals surface area contributed by atoms with Gasteiger partial charge >= 0.3 is 23.9 Å². The molecule has 1 aliphatic carbocycles. The summed E-state index contributed by atoms with van der Waals surface area (Å²) in [6.45, 7) is -2.30. The Kier molecular flexibility index (Phi) is 10.4. The molecule has 0 saturated heterocycles. The number of carboxylic acids is 4. The van der Waals surface area contributed by atoms with E-state index in [0.29, 0.717) is 45.3 Å². The van der Waals surface area contributed by atoms with Gasteiger partial charge in [0.25, 0.3) is 0 Å². The zero-order valence-electron chi connectivity index (χ0n) is 25.6. The smallest absolute Gasteiger partial charge is 0.341 e. The SMILES string of the molecule is O=C(O)COc1cc2cc(c1)Cc1cccc(c1OCC(=O)O)Cc1cc(cc(OCC(=O)O)c1)Cc1cccc(c1OCC(=O)O)C2. The lowest BCUT2D eigenvalue weighted by molar-refractivity contribution is -0.140. The van der Waals surface area contributed by atoms with Gasteiger partial charge in [0.2, 0.25) is 0 Å². The molecule has 48 heavy (non-hydrogen) atoms. The summed E-state index contributed by atoms with van der Waals surface area (Å²) in [5.41, 5.74) is 5.61. The van der Waals surface area contributed by atoms with Crippen LogP contribution in [0.15, 0.2) is 72.8 Å². The number of hydrogen-bond acceptors (Lipinski definition) is 8. The van der Waals surface area contributed by atoms with Crippen LogP contribution in [0.5, 0.6) is 23.0 Å². The van der Waals surface area contributed by atoms with Crippen LogP contribution in [-0.4, -0.2) is 70.7 Å². The largest absolute Gasteiger partial charge is 0.482 e. The second-order valence-electron chi connectivity index (χ2n) is 11.2. The van der Waals surface area contributed by atoms with Gasteiger partial charge in [-0.25, -0.2) is 19.2 Å². The third-order valence-corrected chi connectivity index (χ3v) is 7.39. The first-order valence-electron chi connectivity index (χ1n) is 14.9. The van der Waals surface area contributed by atoms with Crippen LogP contribution < -0.4 is 18.9 Å². The van der Waals surface area contributed by atoms with Crippen molar-refractivity contribution in [1.82, 2.24) is 0 Å². The van der Waals surface area contributed by atoms with Gasteiger partial charge in [-0.1, -0.05) is 48.5 Å². The Morgan fingerprint density at radius 1 is 0.438 bits per heavy atom. The Labute approximate surface area is 274 Å². The fraction of sp³-hybridized carbons (Fsp3) is 0.222. The number of carbonyl (C=O) groups is 4. The van der Waals surface area contributed by atoms with Gasteiger partial charge in [0.1, 0.15) is 23.0 Å². The van der Waals surface area contributed by atoms with E-state index >= 15 is 0 Å². The molecule has 4 aromatic carbocycles. The van der Waals surface area contributed by atoms with Crippen molar-refractivity contribution < 1.29 is 58.6 Å². The lowest BCUT2D eigenvalue weighted by atomic mass is 9.92. The van der Waals surface area contributed by atoms with Gasteiger partial charge in [-0.3, -0.25) is 0 Å². The van der Waals surface area contributed by atoms with Crippen molar-refractivity contribution in [3.05, 3.63) is 117 Å². The minimum absolute atomic E-state index is 0.273. The maximum atomic E-state index is 11.6. The molecule has 0 saturated carbocycles. The van der Waals surface area contributed by atoms with Crippen molar-refractivity contribution in [2.45, 2.75) is 25.7 Å². The summed E-state index contributed by atoms with van der Waals surface area (Å²) in [6.07, 6.45) is 1.09. The van der Waals surface area contributed by atoms with Crippen LogP contribution in [0.4, 0.5) is 0 Å². The van der Waals surface area contributed by atoms with Crippen LogP contribution in [0.2, 0.25) is 0 Å². The molecule has 0 unspecified atom stereocenters. The van der Waals surface area contributed by atoms with Crippen LogP contribution in [0.3, 0.4) is 0 Å². The van der Waals surface area contributed by atoms with E-state index in [-0.39, 0.29) is 25.7 Å². The number of carboxylic acid groups (broad SMARTS) is 4. The van der Waals surface area contributed by atoms with Crippen molar-refractivity contribution in [2.24, 2.45) is 0 Å². The van der Waals surface area contributed by atoms with E-state index in [2.05, 4.69) is 0 Å². The normalized spacial score (nSPS) is 12.0. The third-order valence-electron chi connectivity index (χ3n) is 7.39. The van der Waals surface area contributed by atoms with Gasteiger partial charge in [-0.15, -0.1) is 0 Å². The highest BCUT2D eigenvalue weighted by molar-refractivity contribution is 5.70. The quantitative estimate of drug-likeness (QED) is 0.150. The highest BCUT2D eigenvalue weighted by Gasteiger charge is 2.19. The van der Waals surface area contributed by atoms with E-state index in [4.69, 9.17) is 18.9 Å². The van der Waals surface area contributed by atoms with Crippen molar-refractivity contribution in [2.75, 3.05) is 26.4 Å². The minimum Gasteiger partial charge on any atom is -0.482 e. The standard InChI is InChI=1S/C36H32O12/c37-31(38)17-45-29-13-21-7-23(15-29)11-27-5-2-6-28(36(27)48-20-34(43)44)12-24-8-22(14-30(16-24)46-18-32(39)40)10-26-4-1-3-25(9-21)35(26)47-19-33(41)42/h1-8,13-16H,9-12,17-20H2,(H,37,38)(H,39,40)(H,41,42)(H,43,44). The molecule has 0 aromatic heterocycles. The lowest BCUT2D eigenvalue weighted by Crippen LogP contribution is -2.13. The molecule has 8 bridgehead atoms. The molecule has 4 aromatic rings. The Bertz CT molecular complexity index is 1640. The van der Waals surface area contributed by atoms with Crippen LogP contribution in [0.1, 0.15) is 44.5 Å². The zero-order valence-corrected chi connectivity index (χ0v) is 25.6. The highest BCUT2D eigenvalue weighted by atomic mass is 16.5. The highest BCUT2D eigenvalue weighted by Crippen LogP contribution is 2.35. The second kappa shape index (κ2) is 15.0. The third kappa shape index (κ3) is 9.03. The lowest BCUT2D eigenvalue weighted by Gasteiger charge is -2.19. The van der Waals surface area contributed by atoms with Gasteiger partial charge in [-0.05, 0) is 68.8 Å². The summed E-state index contributed by atoms with van der Waals surface area (Å²) in [5, 5.41) is 37.4. The molecule has 4 N–H and O–H groups in total. The van der Waals surface area contributed by atoms with E-state index in [1.165, 1.54) is 0 Å². The number of ether oxygens (including phenoxy) is 4. The summed E-state index contributed by atoms with van der Waals surface area (Å²) < 4.78 is 22.8. The molecular formula is C36H32O12. The van der Waals surface area contributed by atoms with Crippen molar-refractivity contribution >= 4 is 23.9 Å². The number of aliphatic carboxylic acids is 4. The van der Waals surface area contributed by atoms with Crippen LogP contribution in [-0.2, 0) is 44.9 Å². The fourth-order valence-electron chi connectivity index (χ4n) is 5.67. The average Bonchev–Trinajstić information content (AvgIpc) is 3.01. The molecule has 0 heterocycles. The first kappa shape index (κ1) is 33.3. The average molecular weight is 657 g/mol. The predicted octanol–water partition coefficient (Wildman–Crippen LogP) is 4.22. The molecule has 248 valence electrons. The first-order valence-corrected chi connectivity index (χ1v) is 14.9. The topological polar surface area (TPSA) is 186 Å². The molecule has 12 nitrogen and oxygen atoms in total. The Balaban J connectivity index is 1.70. The second-order valence-corrected chi connectivity index (χ2v) is 11.2. The summed E-state index contributed by atoms with van der Waals surface area (Å²) in [7, 11) is 0. The minimum atomic E-state index is -1.15. The van der Waals surface area contributed by atoms with Crippen molar-refractivity contribution in [3.63, 3.8) is 0 Å². The van der Waals surface area contributed by atoms with Gasteiger partial charge in [0, 0.05) is 25.7 Å². The molecule has 5 rings (SSSR count). The summed E-state index contributed by atoms with van der Waals surface area (Å²) in [4.78, 5) is 45.7. The van der Waals surface area contributed by atoms with E-state index in [0.717, 1.165) is 22.3 Å². The Morgan fingerprint density at radius 3 is 0.979 bits per heavy atom. The van der Waals surface area contributed by atoms with E-state index in [1.807, 2.05) is 48.5 Å². The number of benzene rings is 4. The maximum Gasteiger partial charge on any atom is 0.341 e. The van der Waals surface area contributed by atoms with Crippen LogP contribution in [0.25, 0.3) is 0 Å². The zero-order chi connectivity index (χ0) is 34.2. The molecule has 0 radical (unpaired) electrons. The number of rotatable bonds is 12. The first-order chi connectivity index (χ1) is 23.0.